The lowest BCUT2D eigenvalue weighted by Crippen LogP contribution is -2.34. The van der Waals surface area contributed by atoms with Crippen molar-refractivity contribution in [2.75, 3.05) is 20.6 Å². The van der Waals surface area contributed by atoms with E-state index in [0.29, 0.717) is 9.50 Å². The highest BCUT2D eigenvalue weighted by molar-refractivity contribution is 9.10. The Bertz CT molecular complexity index is 535. The topological polar surface area (TPSA) is 49.4 Å². The average molecular weight is 370 g/mol. The standard InChI is InChI=1S/C12H18BrClN2O2S/c1-9(6-7-16(2)3)15-19(17,18)10-4-5-12(14)11(13)8-10/h4-5,8-9,15H,6-7H2,1-3H3. The molecule has 0 fully saturated rings. The van der Waals surface area contributed by atoms with Crippen LogP contribution in [0, 0.1) is 0 Å². The summed E-state index contributed by atoms with van der Waals surface area (Å²) in [6.07, 6.45) is 0.751. The molecule has 7 heteroatoms. The summed E-state index contributed by atoms with van der Waals surface area (Å²) in [5.41, 5.74) is 0. The van der Waals surface area contributed by atoms with Gasteiger partial charge >= 0.3 is 0 Å². The molecular weight excluding hydrogens is 352 g/mol. The Morgan fingerprint density at radius 1 is 1.42 bits per heavy atom. The van der Waals surface area contributed by atoms with Crippen molar-refractivity contribution < 1.29 is 8.42 Å². The monoisotopic (exact) mass is 368 g/mol. The molecule has 1 rings (SSSR count). The van der Waals surface area contributed by atoms with Gasteiger partial charge in [0, 0.05) is 10.5 Å². The summed E-state index contributed by atoms with van der Waals surface area (Å²) in [4.78, 5) is 2.23. The number of hydrogen-bond acceptors (Lipinski definition) is 3. The molecule has 0 aliphatic heterocycles. The Balaban J connectivity index is 2.77. The van der Waals surface area contributed by atoms with Crippen LogP contribution in [-0.4, -0.2) is 40.0 Å². The number of hydrogen-bond donors (Lipinski definition) is 1. The van der Waals surface area contributed by atoms with Crippen LogP contribution in [0.15, 0.2) is 27.6 Å². The van der Waals surface area contributed by atoms with Gasteiger partial charge in [-0.1, -0.05) is 11.6 Å². The quantitative estimate of drug-likeness (QED) is 0.839. The summed E-state index contributed by atoms with van der Waals surface area (Å²) in [5, 5.41) is 0.486. The van der Waals surface area contributed by atoms with Crippen LogP contribution in [0.4, 0.5) is 0 Å². The molecule has 1 aromatic rings. The molecule has 4 nitrogen and oxygen atoms in total. The highest BCUT2D eigenvalue weighted by atomic mass is 79.9. The van der Waals surface area contributed by atoms with E-state index >= 15 is 0 Å². The normalized spacial score (nSPS) is 13.8. The van der Waals surface area contributed by atoms with Crippen molar-refractivity contribution in [3.05, 3.63) is 27.7 Å². The molecule has 0 amide bonds. The molecule has 0 saturated heterocycles. The van der Waals surface area contributed by atoms with E-state index in [1.54, 1.807) is 6.07 Å². The second-order valence-corrected chi connectivity index (χ2v) is 7.67. The molecule has 0 spiro atoms. The maximum absolute atomic E-state index is 12.2. The van der Waals surface area contributed by atoms with Crippen molar-refractivity contribution in [1.82, 2.24) is 9.62 Å². The molecule has 0 heterocycles. The van der Waals surface area contributed by atoms with Crippen LogP contribution < -0.4 is 4.72 Å². The summed E-state index contributed by atoms with van der Waals surface area (Å²) in [6, 6.07) is 4.43. The predicted molar refractivity (Wildman–Crippen MR) is 82.1 cm³/mol. The Kier molecular flexibility index (Phi) is 6.26. The summed E-state index contributed by atoms with van der Waals surface area (Å²) >= 11 is 9.08. The van der Waals surface area contributed by atoms with Crippen LogP contribution >= 0.6 is 27.5 Å². The van der Waals surface area contributed by atoms with Gasteiger partial charge in [-0.3, -0.25) is 0 Å². The number of nitrogens with zero attached hydrogens (tertiary/aromatic N) is 1. The number of benzene rings is 1. The van der Waals surface area contributed by atoms with Crippen LogP contribution in [0.2, 0.25) is 5.02 Å². The zero-order valence-corrected chi connectivity index (χ0v) is 14.3. The molecule has 0 bridgehead atoms. The van der Waals surface area contributed by atoms with Gasteiger partial charge in [-0.25, -0.2) is 13.1 Å². The summed E-state index contributed by atoms with van der Waals surface area (Å²) in [5.74, 6) is 0. The Morgan fingerprint density at radius 3 is 2.58 bits per heavy atom. The van der Waals surface area contributed by atoms with E-state index in [1.165, 1.54) is 12.1 Å². The molecular formula is C12H18BrClN2O2S. The first-order chi connectivity index (χ1) is 8.72. The molecule has 0 aliphatic carbocycles. The van der Waals surface area contributed by atoms with E-state index in [-0.39, 0.29) is 10.9 Å². The third kappa shape index (κ3) is 5.39. The Morgan fingerprint density at radius 2 is 2.05 bits per heavy atom. The van der Waals surface area contributed by atoms with Gasteiger partial charge in [0.15, 0.2) is 0 Å². The van der Waals surface area contributed by atoms with Gasteiger partial charge in [0.1, 0.15) is 0 Å². The first kappa shape index (κ1) is 16.9. The van der Waals surface area contributed by atoms with Crippen LogP contribution in [-0.2, 0) is 10.0 Å². The fourth-order valence-electron chi connectivity index (χ4n) is 1.49. The van der Waals surface area contributed by atoms with E-state index in [0.717, 1.165) is 13.0 Å². The van der Waals surface area contributed by atoms with Gasteiger partial charge in [0.05, 0.1) is 9.92 Å². The number of sulfonamides is 1. The van der Waals surface area contributed by atoms with Crippen LogP contribution in [0.1, 0.15) is 13.3 Å². The number of rotatable bonds is 6. The lowest BCUT2D eigenvalue weighted by molar-refractivity contribution is 0.379. The summed E-state index contributed by atoms with van der Waals surface area (Å²) in [7, 11) is 0.408. The van der Waals surface area contributed by atoms with Crippen molar-refractivity contribution in [3.63, 3.8) is 0 Å². The van der Waals surface area contributed by atoms with Gasteiger partial charge in [0.25, 0.3) is 0 Å². The van der Waals surface area contributed by atoms with Crippen molar-refractivity contribution in [1.29, 1.82) is 0 Å². The molecule has 0 aliphatic rings. The molecule has 1 aromatic carbocycles. The highest BCUT2D eigenvalue weighted by Crippen LogP contribution is 2.25. The molecule has 108 valence electrons. The lowest BCUT2D eigenvalue weighted by Gasteiger charge is -2.17. The SMILES string of the molecule is CC(CCN(C)C)NS(=O)(=O)c1ccc(Cl)c(Br)c1. The zero-order chi connectivity index (χ0) is 14.6. The summed E-state index contributed by atoms with van der Waals surface area (Å²) < 4.78 is 27.5. The van der Waals surface area contributed by atoms with E-state index < -0.39 is 10.0 Å². The minimum atomic E-state index is -3.50. The zero-order valence-electron chi connectivity index (χ0n) is 11.2. The highest BCUT2D eigenvalue weighted by Gasteiger charge is 2.18. The maximum atomic E-state index is 12.2. The van der Waals surface area contributed by atoms with Crippen molar-refractivity contribution in [2.45, 2.75) is 24.3 Å². The molecule has 1 atom stereocenters. The number of nitrogens with one attached hydrogen (secondary N) is 1. The first-order valence-corrected chi connectivity index (χ1v) is 8.50. The smallest absolute Gasteiger partial charge is 0.240 e. The predicted octanol–water partition coefficient (Wildman–Crippen LogP) is 2.72. The van der Waals surface area contributed by atoms with Crippen LogP contribution in [0.25, 0.3) is 0 Å². The van der Waals surface area contributed by atoms with Crippen molar-refractivity contribution >= 4 is 37.6 Å². The molecule has 0 aromatic heterocycles. The third-order valence-electron chi connectivity index (χ3n) is 2.57. The second kappa shape index (κ2) is 7.04. The molecule has 0 radical (unpaired) electrons. The van der Waals surface area contributed by atoms with Gasteiger partial charge < -0.3 is 4.90 Å². The lowest BCUT2D eigenvalue weighted by atomic mass is 10.2. The largest absolute Gasteiger partial charge is 0.309 e. The van der Waals surface area contributed by atoms with Gasteiger partial charge in [0.2, 0.25) is 10.0 Å². The number of halogens is 2. The van der Waals surface area contributed by atoms with E-state index in [9.17, 15) is 8.42 Å². The van der Waals surface area contributed by atoms with Gasteiger partial charge in [-0.15, -0.1) is 0 Å². The minimum absolute atomic E-state index is 0.123. The van der Waals surface area contributed by atoms with E-state index in [2.05, 4.69) is 20.7 Å². The summed E-state index contributed by atoms with van der Waals surface area (Å²) in [6.45, 7) is 2.68. The van der Waals surface area contributed by atoms with Crippen LogP contribution in [0.5, 0.6) is 0 Å². The first-order valence-electron chi connectivity index (χ1n) is 5.84. The van der Waals surface area contributed by atoms with E-state index in [4.69, 9.17) is 11.6 Å². The maximum Gasteiger partial charge on any atom is 0.240 e. The Hall–Kier alpha value is -0.140. The minimum Gasteiger partial charge on any atom is -0.309 e. The van der Waals surface area contributed by atoms with Gasteiger partial charge in [-0.2, -0.15) is 0 Å². The van der Waals surface area contributed by atoms with E-state index in [1.807, 2.05) is 25.9 Å². The average Bonchev–Trinajstić information content (AvgIpc) is 2.29. The fraction of sp³-hybridized carbons (Fsp3) is 0.500. The molecule has 1 N–H and O–H groups in total. The molecule has 1 unspecified atom stereocenters. The second-order valence-electron chi connectivity index (χ2n) is 4.69. The van der Waals surface area contributed by atoms with Crippen molar-refractivity contribution in [2.24, 2.45) is 0 Å². The van der Waals surface area contributed by atoms with Crippen molar-refractivity contribution in [3.8, 4) is 0 Å². The Labute approximate surface area is 128 Å². The van der Waals surface area contributed by atoms with Gasteiger partial charge in [-0.05, 0) is 68.1 Å². The molecule has 19 heavy (non-hydrogen) atoms. The third-order valence-corrected chi connectivity index (χ3v) is 5.37. The molecule has 0 saturated carbocycles. The van der Waals surface area contributed by atoms with Crippen LogP contribution in [0.3, 0.4) is 0 Å². The fourth-order valence-corrected chi connectivity index (χ4v) is 3.44.